The third-order valence-electron chi connectivity index (χ3n) is 5.40. The topological polar surface area (TPSA) is 73.3 Å². The highest BCUT2D eigenvalue weighted by Crippen LogP contribution is 2.20. The van der Waals surface area contributed by atoms with E-state index in [0.717, 1.165) is 56.5 Å². The van der Waals surface area contributed by atoms with Gasteiger partial charge in [-0.2, -0.15) is 0 Å². The van der Waals surface area contributed by atoms with Gasteiger partial charge in [0.1, 0.15) is 11.4 Å². The first-order valence-electron chi connectivity index (χ1n) is 11.8. The van der Waals surface area contributed by atoms with Gasteiger partial charge < -0.3 is 24.8 Å². The summed E-state index contributed by atoms with van der Waals surface area (Å²) in [7, 11) is 3.98. The fourth-order valence-electron chi connectivity index (χ4n) is 3.68. The van der Waals surface area contributed by atoms with E-state index in [-0.39, 0.29) is 6.09 Å². The van der Waals surface area contributed by atoms with Crippen LogP contribution in [0, 0.1) is 5.92 Å². The molecule has 0 unspecified atom stereocenters. The Morgan fingerprint density at radius 3 is 2.50 bits per heavy atom. The molecule has 1 aliphatic heterocycles. The van der Waals surface area contributed by atoms with E-state index in [0.29, 0.717) is 19.0 Å². The van der Waals surface area contributed by atoms with Crippen molar-refractivity contribution in [1.82, 2.24) is 20.1 Å². The number of piperidine rings is 1. The average molecular weight is 447 g/mol. The van der Waals surface area contributed by atoms with Gasteiger partial charge >= 0.3 is 6.09 Å². The van der Waals surface area contributed by atoms with Crippen LogP contribution >= 0.6 is 0 Å². The lowest BCUT2D eigenvalue weighted by atomic mass is 9.96. The first-order chi connectivity index (χ1) is 15.1. The number of guanidine groups is 1. The van der Waals surface area contributed by atoms with Crippen molar-refractivity contribution >= 4 is 17.9 Å². The lowest BCUT2D eigenvalue weighted by molar-refractivity contribution is 0.0214. The molecule has 1 amide bonds. The Kier molecular flexibility index (Phi) is 9.60. The number of anilines is 1. The summed E-state index contributed by atoms with van der Waals surface area (Å²) in [5.74, 6) is 2.34. The molecule has 1 aliphatic rings. The van der Waals surface area contributed by atoms with Gasteiger partial charge in [0.2, 0.25) is 0 Å². The molecule has 1 N–H and O–H groups in total. The van der Waals surface area contributed by atoms with Gasteiger partial charge in [-0.15, -0.1) is 0 Å². The minimum atomic E-state index is -0.466. The van der Waals surface area contributed by atoms with E-state index in [9.17, 15) is 4.79 Å². The maximum atomic E-state index is 12.5. The van der Waals surface area contributed by atoms with Crippen LogP contribution < -0.4 is 10.2 Å². The highest BCUT2D eigenvalue weighted by atomic mass is 16.6. The number of likely N-dealkylation sites (tertiary alicyclic amines) is 1. The zero-order valence-electron chi connectivity index (χ0n) is 21.0. The second kappa shape index (κ2) is 11.9. The first-order valence-corrected chi connectivity index (χ1v) is 11.8. The number of aromatic nitrogens is 1. The Morgan fingerprint density at radius 1 is 1.25 bits per heavy atom. The summed E-state index contributed by atoms with van der Waals surface area (Å²) in [5.41, 5.74) is 0.490. The first kappa shape index (κ1) is 25.7. The van der Waals surface area contributed by atoms with Crippen LogP contribution in [0.15, 0.2) is 23.2 Å². The highest BCUT2D eigenvalue weighted by Gasteiger charge is 2.27. The third-order valence-corrected chi connectivity index (χ3v) is 5.40. The van der Waals surface area contributed by atoms with Crippen molar-refractivity contribution in [3.63, 3.8) is 0 Å². The zero-order valence-corrected chi connectivity index (χ0v) is 21.0. The second-order valence-corrected chi connectivity index (χ2v) is 9.50. The van der Waals surface area contributed by atoms with Gasteiger partial charge in [0.05, 0.1) is 12.2 Å². The molecule has 2 rings (SSSR count). The summed E-state index contributed by atoms with van der Waals surface area (Å²) < 4.78 is 5.56. The molecule has 8 heteroatoms. The molecule has 32 heavy (non-hydrogen) atoms. The minimum absolute atomic E-state index is 0.218. The molecule has 1 saturated heterocycles. The molecular weight excluding hydrogens is 404 g/mol. The fraction of sp³-hybridized carbons (Fsp3) is 0.708. The molecule has 0 saturated carbocycles. The van der Waals surface area contributed by atoms with Crippen LogP contribution in [0.2, 0.25) is 0 Å². The highest BCUT2D eigenvalue weighted by molar-refractivity contribution is 5.80. The number of ether oxygens (including phenoxy) is 1. The van der Waals surface area contributed by atoms with Crippen molar-refractivity contribution in [1.29, 1.82) is 0 Å². The summed E-state index contributed by atoms with van der Waals surface area (Å²) in [6.45, 7) is 14.5. The minimum Gasteiger partial charge on any atom is -0.444 e. The Hall–Kier alpha value is -2.51. The number of rotatable bonds is 7. The summed E-state index contributed by atoms with van der Waals surface area (Å²) in [4.78, 5) is 28.1. The Labute approximate surface area is 194 Å². The smallest absolute Gasteiger partial charge is 0.410 e. The van der Waals surface area contributed by atoms with Crippen LogP contribution in [-0.4, -0.2) is 79.3 Å². The molecule has 0 aliphatic carbocycles. The number of hydrogen-bond donors (Lipinski definition) is 1. The molecule has 0 bridgehead atoms. The van der Waals surface area contributed by atoms with Crippen molar-refractivity contribution in [3.8, 4) is 0 Å². The van der Waals surface area contributed by atoms with Gasteiger partial charge in [-0.25, -0.2) is 14.8 Å². The molecule has 1 aromatic heterocycles. The fourth-order valence-corrected chi connectivity index (χ4v) is 3.68. The van der Waals surface area contributed by atoms with Crippen molar-refractivity contribution in [2.24, 2.45) is 10.9 Å². The molecule has 0 atom stereocenters. The lowest BCUT2D eigenvalue weighted by Crippen LogP contribution is -2.47. The lowest BCUT2D eigenvalue weighted by Gasteiger charge is -2.36. The Morgan fingerprint density at radius 2 is 1.94 bits per heavy atom. The quantitative estimate of drug-likeness (QED) is 0.510. The number of carbonyl (C=O) groups is 1. The van der Waals surface area contributed by atoms with Gasteiger partial charge in [0, 0.05) is 46.8 Å². The Balaban J connectivity index is 1.94. The van der Waals surface area contributed by atoms with Crippen molar-refractivity contribution in [2.45, 2.75) is 59.6 Å². The molecule has 0 radical (unpaired) electrons. The van der Waals surface area contributed by atoms with Crippen LogP contribution in [0.4, 0.5) is 10.6 Å². The second-order valence-electron chi connectivity index (χ2n) is 9.50. The summed E-state index contributed by atoms with van der Waals surface area (Å²) in [5, 5.41) is 3.42. The summed E-state index contributed by atoms with van der Waals surface area (Å²) >= 11 is 0. The number of nitrogens with zero attached hydrogens (tertiary/aromatic N) is 5. The molecule has 2 heterocycles. The number of nitrogens with one attached hydrogen (secondary N) is 1. The maximum absolute atomic E-state index is 12.5. The molecular formula is C24H42N6O2. The van der Waals surface area contributed by atoms with E-state index in [2.05, 4.69) is 22.1 Å². The predicted molar refractivity (Wildman–Crippen MR) is 131 cm³/mol. The van der Waals surface area contributed by atoms with Gasteiger partial charge in [0.25, 0.3) is 0 Å². The number of carbonyl (C=O) groups excluding carboxylic acids is 1. The van der Waals surface area contributed by atoms with Crippen LogP contribution in [0.3, 0.4) is 0 Å². The van der Waals surface area contributed by atoms with E-state index in [1.807, 2.05) is 69.8 Å². The molecule has 1 aromatic rings. The average Bonchev–Trinajstić information content (AvgIpc) is 2.74. The zero-order chi connectivity index (χ0) is 23.7. The maximum Gasteiger partial charge on any atom is 0.410 e. The molecule has 8 nitrogen and oxygen atoms in total. The van der Waals surface area contributed by atoms with E-state index >= 15 is 0 Å². The van der Waals surface area contributed by atoms with Gasteiger partial charge in [-0.3, -0.25) is 0 Å². The largest absolute Gasteiger partial charge is 0.444 e. The summed E-state index contributed by atoms with van der Waals surface area (Å²) in [6, 6.07) is 6.04. The summed E-state index contributed by atoms with van der Waals surface area (Å²) in [6.07, 6.45) is 1.83. The van der Waals surface area contributed by atoms with Crippen LogP contribution in [0.5, 0.6) is 0 Å². The number of amides is 1. The molecule has 180 valence electrons. The van der Waals surface area contributed by atoms with E-state index in [1.165, 1.54) is 0 Å². The third kappa shape index (κ3) is 8.20. The number of aliphatic imine (C=N–C) groups is 1. The van der Waals surface area contributed by atoms with Crippen molar-refractivity contribution < 1.29 is 9.53 Å². The van der Waals surface area contributed by atoms with Crippen molar-refractivity contribution in [2.75, 3.05) is 51.7 Å². The SMILES string of the molecule is CCNC(=NCc1cccc(N(C)C)n1)N1CCC(CN(CC)C(=O)OC(C)(C)C)CC1. The molecule has 0 spiro atoms. The van der Waals surface area contributed by atoms with Crippen LogP contribution in [0.25, 0.3) is 0 Å². The van der Waals surface area contributed by atoms with Gasteiger partial charge in [0.15, 0.2) is 5.96 Å². The van der Waals surface area contributed by atoms with Crippen LogP contribution in [0.1, 0.15) is 53.2 Å². The number of pyridine rings is 1. The van der Waals surface area contributed by atoms with Crippen LogP contribution in [-0.2, 0) is 11.3 Å². The Bertz CT molecular complexity index is 751. The monoisotopic (exact) mass is 446 g/mol. The standard InChI is InChI=1S/C24H42N6O2/c1-8-25-22(26-17-20-11-10-12-21(27-20)28(6)7)30-15-13-19(14-16-30)18-29(9-2)23(31)32-24(3,4)5/h10-12,19H,8-9,13-18H2,1-7H3,(H,25,26). The van der Waals surface area contributed by atoms with E-state index in [1.54, 1.807) is 0 Å². The van der Waals surface area contributed by atoms with Gasteiger partial charge in [-0.1, -0.05) is 6.07 Å². The normalized spacial score (nSPS) is 15.5. The predicted octanol–water partition coefficient (Wildman–Crippen LogP) is 3.58. The molecule has 0 aromatic carbocycles. The number of hydrogen-bond acceptors (Lipinski definition) is 5. The van der Waals surface area contributed by atoms with E-state index < -0.39 is 5.60 Å². The molecule has 1 fully saturated rings. The van der Waals surface area contributed by atoms with Crippen molar-refractivity contribution in [3.05, 3.63) is 23.9 Å². The van der Waals surface area contributed by atoms with Gasteiger partial charge in [-0.05, 0) is 65.5 Å². The van der Waals surface area contributed by atoms with E-state index in [4.69, 9.17) is 9.73 Å².